The van der Waals surface area contributed by atoms with Gasteiger partial charge in [0.15, 0.2) is 17.3 Å². The van der Waals surface area contributed by atoms with Gasteiger partial charge in [0.05, 0.1) is 22.1 Å². The molecule has 3 aromatic rings. The standard InChI is InChI=1S/C23H19BrF6N4O4/c1-22(2,23(28,29)30)32-21(38)11-6-34(17-13(26)3-9(25)4-14(17)27)19-10(18(11)37)5-12(24)20(31-19)33-7-15(35)16(36)8-33/h3-6,15-16,35-36H,7-8H2,1-2H3,(H,32,38)/t15-,16-/m1/s1. The normalized spacial score (nSPS) is 18.3. The number of carbonyl (C=O) groups is 1. The van der Waals surface area contributed by atoms with Crippen LogP contribution in [0.1, 0.15) is 24.2 Å². The number of rotatable bonds is 4. The van der Waals surface area contributed by atoms with Crippen molar-refractivity contribution >= 4 is 38.7 Å². The van der Waals surface area contributed by atoms with Crippen molar-refractivity contribution in [3.63, 3.8) is 0 Å². The molecule has 1 aliphatic heterocycles. The van der Waals surface area contributed by atoms with Gasteiger partial charge in [-0.2, -0.15) is 13.2 Å². The molecular weight excluding hydrogens is 590 g/mol. The number of amides is 1. The molecule has 0 aliphatic carbocycles. The maximum atomic E-state index is 14.8. The van der Waals surface area contributed by atoms with Gasteiger partial charge in [0.2, 0.25) is 5.43 Å². The van der Waals surface area contributed by atoms with Gasteiger partial charge >= 0.3 is 6.18 Å². The molecule has 3 N–H and O–H groups in total. The number of aromatic nitrogens is 2. The van der Waals surface area contributed by atoms with Crippen molar-refractivity contribution in [1.82, 2.24) is 14.9 Å². The summed E-state index contributed by atoms with van der Waals surface area (Å²) in [5.74, 6) is -5.61. The van der Waals surface area contributed by atoms with E-state index in [0.29, 0.717) is 36.7 Å². The smallest absolute Gasteiger partial charge is 0.389 e. The number of benzene rings is 1. The summed E-state index contributed by atoms with van der Waals surface area (Å²) in [4.78, 5) is 31.8. The fraction of sp³-hybridized carbons (Fsp3) is 0.348. The number of anilines is 1. The molecule has 38 heavy (non-hydrogen) atoms. The number of alkyl halides is 3. The minimum absolute atomic E-state index is 0.0413. The number of nitrogens with zero attached hydrogens (tertiary/aromatic N) is 3. The highest BCUT2D eigenvalue weighted by Gasteiger charge is 2.48. The van der Waals surface area contributed by atoms with Crippen LogP contribution in [0.25, 0.3) is 16.7 Å². The van der Waals surface area contributed by atoms with Crippen LogP contribution < -0.4 is 15.6 Å². The van der Waals surface area contributed by atoms with Crippen molar-refractivity contribution in [2.75, 3.05) is 18.0 Å². The molecule has 3 heterocycles. The van der Waals surface area contributed by atoms with Crippen molar-refractivity contribution in [2.45, 2.75) is 37.8 Å². The lowest BCUT2D eigenvalue weighted by Crippen LogP contribution is -2.54. The van der Waals surface area contributed by atoms with Gasteiger partial charge in [-0.15, -0.1) is 0 Å². The van der Waals surface area contributed by atoms with Gasteiger partial charge in [-0.25, -0.2) is 18.2 Å². The van der Waals surface area contributed by atoms with E-state index in [1.165, 1.54) is 4.90 Å². The highest BCUT2D eigenvalue weighted by molar-refractivity contribution is 9.10. The third-order valence-corrected chi connectivity index (χ3v) is 6.66. The Labute approximate surface area is 218 Å². The van der Waals surface area contributed by atoms with E-state index in [1.807, 2.05) is 0 Å². The van der Waals surface area contributed by atoms with Gasteiger partial charge < -0.3 is 20.4 Å². The summed E-state index contributed by atoms with van der Waals surface area (Å²) < 4.78 is 84.1. The number of pyridine rings is 2. The third-order valence-electron chi connectivity index (χ3n) is 6.07. The number of nitrogens with one attached hydrogen (secondary N) is 1. The van der Waals surface area contributed by atoms with Crippen LogP contribution in [-0.4, -0.2) is 62.7 Å². The van der Waals surface area contributed by atoms with Gasteiger partial charge in [0.1, 0.15) is 28.4 Å². The lowest BCUT2D eigenvalue weighted by Gasteiger charge is -2.29. The Hall–Kier alpha value is -3.17. The van der Waals surface area contributed by atoms with E-state index in [0.717, 1.165) is 6.07 Å². The summed E-state index contributed by atoms with van der Waals surface area (Å²) in [6, 6.07) is 1.81. The predicted molar refractivity (Wildman–Crippen MR) is 127 cm³/mol. The van der Waals surface area contributed by atoms with E-state index in [1.54, 1.807) is 5.32 Å². The third kappa shape index (κ3) is 4.85. The Kier molecular flexibility index (Phi) is 6.99. The first-order valence-corrected chi connectivity index (χ1v) is 11.7. The summed E-state index contributed by atoms with van der Waals surface area (Å²) >= 11 is 3.19. The van der Waals surface area contributed by atoms with Gasteiger partial charge in [-0.05, 0) is 35.8 Å². The lowest BCUT2D eigenvalue weighted by molar-refractivity contribution is -0.182. The maximum Gasteiger partial charge on any atom is 0.410 e. The zero-order chi connectivity index (χ0) is 28.3. The lowest BCUT2D eigenvalue weighted by atomic mass is 10.0. The van der Waals surface area contributed by atoms with Crippen LogP contribution in [0.15, 0.2) is 33.7 Å². The summed E-state index contributed by atoms with van der Waals surface area (Å²) in [5.41, 5.74) is -6.16. The number of aliphatic hydroxyl groups is 2. The number of fused-ring (bicyclic) bond motifs is 1. The minimum atomic E-state index is -4.90. The Balaban J connectivity index is 2.00. The molecule has 0 bridgehead atoms. The number of hydrogen-bond donors (Lipinski definition) is 3. The zero-order valence-electron chi connectivity index (χ0n) is 19.6. The topological polar surface area (TPSA) is 108 Å². The second kappa shape index (κ2) is 9.54. The van der Waals surface area contributed by atoms with Crippen LogP contribution >= 0.6 is 15.9 Å². The van der Waals surface area contributed by atoms with E-state index < -0.39 is 75.0 Å². The minimum Gasteiger partial charge on any atom is -0.389 e. The van der Waals surface area contributed by atoms with Crippen molar-refractivity contribution < 1.29 is 41.4 Å². The van der Waals surface area contributed by atoms with Crippen LogP contribution in [0.3, 0.4) is 0 Å². The van der Waals surface area contributed by atoms with Gasteiger partial charge in [0, 0.05) is 31.4 Å². The van der Waals surface area contributed by atoms with Crippen LogP contribution in [0.5, 0.6) is 0 Å². The molecule has 1 saturated heterocycles. The van der Waals surface area contributed by atoms with Gasteiger partial charge in [-0.3, -0.25) is 14.2 Å². The first-order valence-electron chi connectivity index (χ1n) is 10.9. The Morgan fingerprint density at radius 2 is 1.63 bits per heavy atom. The van der Waals surface area contributed by atoms with E-state index in [9.17, 15) is 46.1 Å². The largest absolute Gasteiger partial charge is 0.410 e. The predicted octanol–water partition coefficient (Wildman–Crippen LogP) is 3.18. The Bertz CT molecular complexity index is 1480. The summed E-state index contributed by atoms with van der Waals surface area (Å²) in [7, 11) is 0. The van der Waals surface area contributed by atoms with Crippen molar-refractivity contribution in [2.24, 2.45) is 0 Å². The molecule has 4 rings (SSSR count). The number of carbonyl (C=O) groups excluding carboxylic acids is 1. The maximum absolute atomic E-state index is 14.8. The van der Waals surface area contributed by atoms with E-state index in [4.69, 9.17) is 0 Å². The molecule has 0 unspecified atom stereocenters. The molecule has 1 amide bonds. The molecule has 0 saturated carbocycles. The Morgan fingerprint density at radius 1 is 1.08 bits per heavy atom. The Morgan fingerprint density at radius 3 is 2.16 bits per heavy atom. The molecule has 0 spiro atoms. The number of hydrogen-bond acceptors (Lipinski definition) is 6. The highest BCUT2D eigenvalue weighted by atomic mass is 79.9. The quantitative estimate of drug-likeness (QED) is 0.393. The van der Waals surface area contributed by atoms with Crippen molar-refractivity contribution in [1.29, 1.82) is 0 Å². The fourth-order valence-corrected chi connectivity index (χ4v) is 4.47. The summed E-state index contributed by atoms with van der Waals surface area (Å²) in [6.07, 6.45) is -6.57. The summed E-state index contributed by atoms with van der Waals surface area (Å²) in [6.45, 7) is 1.14. The number of halogens is 7. The van der Waals surface area contributed by atoms with E-state index >= 15 is 0 Å². The second-order valence-electron chi connectivity index (χ2n) is 9.24. The second-order valence-corrected chi connectivity index (χ2v) is 10.1. The van der Waals surface area contributed by atoms with Gasteiger partial charge in [0.25, 0.3) is 5.91 Å². The van der Waals surface area contributed by atoms with Crippen molar-refractivity contribution in [3.8, 4) is 5.69 Å². The molecular formula is C23H19BrF6N4O4. The molecule has 0 radical (unpaired) electrons. The SMILES string of the molecule is CC(C)(NC(=O)c1cn(-c2c(F)cc(F)cc2F)c2nc(N3C[C@@H](O)[C@H](O)C3)c(Br)cc2c1=O)C(F)(F)F. The monoisotopic (exact) mass is 608 g/mol. The zero-order valence-corrected chi connectivity index (χ0v) is 21.2. The molecule has 2 aromatic heterocycles. The van der Waals surface area contributed by atoms with Crippen LogP contribution in [0.4, 0.5) is 32.2 Å². The number of β-amino-alcohol motifs (C(OH)–C–C–N with tert-alkyl or cyclic N) is 2. The molecule has 2 atom stereocenters. The molecule has 15 heteroatoms. The number of aliphatic hydroxyl groups excluding tert-OH is 2. The average molecular weight is 609 g/mol. The summed E-state index contributed by atoms with van der Waals surface area (Å²) in [5, 5.41) is 21.1. The molecule has 1 fully saturated rings. The van der Waals surface area contributed by atoms with E-state index in [2.05, 4.69) is 20.9 Å². The first kappa shape index (κ1) is 27.9. The van der Waals surface area contributed by atoms with Gasteiger partial charge in [-0.1, -0.05) is 0 Å². The highest BCUT2D eigenvalue weighted by Crippen LogP contribution is 2.33. The molecule has 1 aromatic carbocycles. The fourth-order valence-electron chi connectivity index (χ4n) is 3.90. The van der Waals surface area contributed by atoms with Crippen LogP contribution in [-0.2, 0) is 0 Å². The van der Waals surface area contributed by atoms with Crippen LogP contribution in [0.2, 0.25) is 0 Å². The molecule has 1 aliphatic rings. The average Bonchev–Trinajstić information content (AvgIpc) is 3.11. The van der Waals surface area contributed by atoms with E-state index in [-0.39, 0.29) is 23.4 Å². The van der Waals surface area contributed by atoms with Crippen molar-refractivity contribution in [3.05, 3.63) is 62.1 Å². The van der Waals surface area contributed by atoms with Crippen LogP contribution in [0, 0.1) is 17.5 Å². The molecule has 204 valence electrons. The molecule has 8 nitrogen and oxygen atoms in total. The first-order chi connectivity index (χ1) is 17.5.